The molecule has 0 radical (unpaired) electrons. The van der Waals surface area contributed by atoms with Crippen LogP contribution in [0.3, 0.4) is 0 Å². The first-order chi connectivity index (χ1) is 7.88. The molecule has 0 aliphatic heterocycles. The summed E-state index contributed by atoms with van der Waals surface area (Å²) in [5.74, 6) is -0.0210. The van der Waals surface area contributed by atoms with Crippen LogP contribution in [0, 0.1) is 5.41 Å². The normalized spacial score (nSPS) is 12.3. The molecule has 4 N–H and O–H groups in total. The molecule has 1 rings (SSSR count). The molecule has 0 aliphatic rings. The molecule has 0 unspecified atom stereocenters. The Morgan fingerprint density at radius 2 is 1.65 bits per heavy atom. The molecule has 17 heavy (non-hydrogen) atoms. The van der Waals surface area contributed by atoms with Gasteiger partial charge in [0.25, 0.3) is 0 Å². The van der Waals surface area contributed by atoms with Gasteiger partial charge in [0.1, 0.15) is 0 Å². The second-order valence-corrected chi connectivity index (χ2v) is 5.18. The molecular formula is C13H20N4. The zero-order valence-corrected chi connectivity index (χ0v) is 10.6. The summed E-state index contributed by atoms with van der Waals surface area (Å²) >= 11 is 0. The lowest BCUT2D eigenvalue weighted by Gasteiger charge is -2.19. The zero-order valence-electron chi connectivity index (χ0n) is 10.6. The van der Waals surface area contributed by atoms with Gasteiger partial charge in [0.2, 0.25) is 5.96 Å². The van der Waals surface area contributed by atoms with E-state index in [-0.39, 0.29) is 11.4 Å². The van der Waals surface area contributed by atoms with Crippen LogP contribution in [0.25, 0.3) is 0 Å². The summed E-state index contributed by atoms with van der Waals surface area (Å²) in [6.45, 7) is 6.46. The maximum Gasteiger partial charge on any atom is 0.211 e. The Morgan fingerprint density at radius 3 is 2.12 bits per heavy atom. The van der Waals surface area contributed by atoms with Crippen molar-refractivity contribution >= 4 is 11.7 Å². The third-order valence-corrected chi connectivity index (χ3v) is 2.09. The average molecular weight is 232 g/mol. The smallest absolute Gasteiger partial charge is 0.211 e. The standard InChI is InChI=1S/C13H20N4/c1-13(2,3)9-11(16-17-12(14)15)10-7-5-4-6-8-10/h4-8H,9H2,1-3H3,(H4,14,15,17)/b16-11+. The topological polar surface area (TPSA) is 76.8 Å². The molecule has 92 valence electrons. The van der Waals surface area contributed by atoms with E-state index in [1.807, 2.05) is 30.3 Å². The first-order valence-corrected chi connectivity index (χ1v) is 5.59. The van der Waals surface area contributed by atoms with Crippen LogP contribution in [0.15, 0.2) is 40.5 Å². The molecule has 1 aromatic carbocycles. The Kier molecular flexibility index (Phi) is 4.26. The summed E-state index contributed by atoms with van der Waals surface area (Å²) in [5, 5.41) is 7.88. The fourth-order valence-corrected chi connectivity index (χ4v) is 1.45. The van der Waals surface area contributed by atoms with E-state index in [0.29, 0.717) is 0 Å². The molecule has 0 spiro atoms. The van der Waals surface area contributed by atoms with E-state index in [2.05, 4.69) is 31.0 Å². The predicted molar refractivity (Wildman–Crippen MR) is 72.9 cm³/mol. The van der Waals surface area contributed by atoms with Crippen molar-refractivity contribution < 1.29 is 0 Å². The highest BCUT2D eigenvalue weighted by atomic mass is 15.3. The lowest BCUT2D eigenvalue weighted by Crippen LogP contribution is -2.22. The summed E-state index contributed by atoms with van der Waals surface area (Å²) in [4.78, 5) is 0. The van der Waals surface area contributed by atoms with Crippen LogP contribution in [0.1, 0.15) is 32.8 Å². The number of nitrogens with zero attached hydrogens (tertiary/aromatic N) is 2. The highest BCUT2D eigenvalue weighted by Crippen LogP contribution is 2.22. The highest BCUT2D eigenvalue weighted by molar-refractivity contribution is 6.01. The number of hydrogen-bond acceptors (Lipinski definition) is 2. The van der Waals surface area contributed by atoms with Crippen LogP contribution in [-0.4, -0.2) is 11.7 Å². The first kappa shape index (κ1) is 13.2. The SMILES string of the molecule is CC(C)(C)C/C(=N\N=C(N)N)c1ccccc1. The molecule has 0 saturated heterocycles. The summed E-state index contributed by atoms with van der Waals surface area (Å²) in [5.41, 5.74) is 12.7. The summed E-state index contributed by atoms with van der Waals surface area (Å²) in [6.07, 6.45) is 0.813. The number of benzene rings is 1. The van der Waals surface area contributed by atoms with Gasteiger partial charge in [-0.3, -0.25) is 0 Å². The van der Waals surface area contributed by atoms with E-state index in [4.69, 9.17) is 11.5 Å². The molecule has 0 atom stereocenters. The third kappa shape index (κ3) is 5.15. The van der Waals surface area contributed by atoms with E-state index in [0.717, 1.165) is 17.7 Å². The van der Waals surface area contributed by atoms with E-state index in [9.17, 15) is 0 Å². The molecule has 0 aromatic heterocycles. The van der Waals surface area contributed by atoms with Crippen molar-refractivity contribution in [2.45, 2.75) is 27.2 Å². The first-order valence-electron chi connectivity index (χ1n) is 5.59. The van der Waals surface area contributed by atoms with Gasteiger partial charge in [0.15, 0.2) is 0 Å². The quantitative estimate of drug-likeness (QED) is 0.475. The second-order valence-electron chi connectivity index (χ2n) is 5.18. The molecule has 0 heterocycles. The molecule has 0 fully saturated rings. The Morgan fingerprint density at radius 1 is 1.06 bits per heavy atom. The van der Waals surface area contributed by atoms with Crippen molar-refractivity contribution in [2.24, 2.45) is 27.1 Å². The van der Waals surface area contributed by atoms with E-state index in [1.165, 1.54) is 0 Å². The maximum atomic E-state index is 5.30. The zero-order chi connectivity index (χ0) is 12.9. The second kappa shape index (κ2) is 5.48. The van der Waals surface area contributed by atoms with Gasteiger partial charge in [-0.2, -0.15) is 5.10 Å². The minimum Gasteiger partial charge on any atom is -0.369 e. The van der Waals surface area contributed by atoms with Gasteiger partial charge < -0.3 is 11.5 Å². The third-order valence-electron chi connectivity index (χ3n) is 2.09. The maximum absolute atomic E-state index is 5.30. The van der Waals surface area contributed by atoms with Gasteiger partial charge in [0, 0.05) is 0 Å². The number of hydrogen-bond donors (Lipinski definition) is 2. The molecule has 0 amide bonds. The van der Waals surface area contributed by atoms with E-state index < -0.39 is 0 Å². The number of guanidine groups is 1. The largest absolute Gasteiger partial charge is 0.369 e. The van der Waals surface area contributed by atoms with Crippen LogP contribution < -0.4 is 11.5 Å². The summed E-state index contributed by atoms with van der Waals surface area (Å²) in [7, 11) is 0. The van der Waals surface area contributed by atoms with E-state index in [1.54, 1.807) is 0 Å². The van der Waals surface area contributed by atoms with Crippen molar-refractivity contribution in [3.63, 3.8) is 0 Å². The van der Waals surface area contributed by atoms with Crippen molar-refractivity contribution in [3.05, 3.63) is 35.9 Å². The van der Waals surface area contributed by atoms with Crippen molar-refractivity contribution in [2.75, 3.05) is 0 Å². The molecule has 4 heteroatoms. The Bertz CT molecular complexity index is 409. The highest BCUT2D eigenvalue weighted by Gasteiger charge is 2.15. The van der Waals surface area contributed by atoms with Gasteiger partial charge in [-0.1, -0.05) is 51.1 Å². The fourth-order valence-electron chi connectivity index (χ4n) is 1.45. The van der Waals surface area contributed by atoms with Crippen LogP contribution in [0.4, 0.5) is 0 Å². The van der Waals surface area contributed by atoms with Crippen LogP contribution in [0.2, 0.25) is 0 Å². The monoisotopic (exact) mass is 232 g/mol. The van der Waals surface area contributed by atoms with E-state index >= 15 is 0 Å². The minimum absolute atomic E-state index is 0.0210. The van der Waals surface area contributed by atoms with Gasteiger partial charge in [-0.25, -0.2) is 0 Å². The molecule has 1 aromatic rings. The van der Waals surface area contributed by atoms with Crippen LogP contribution in [0.5, 0.6) is 0 Å². The van der Waals surface area contributed by atoms with Gasteiger partial charge >= 0.3 is 0 Å². The molecule has 0 saturated carbocycles. The number of rotatable bonds is 3. The fraction of sp³-hybridized carbons (Fsp3) is 0.385. The van der Waals surface area contributed by atoms with Gasteiger partial charge in [0.05, 0.1) is 5.71 Å². The van der Waals surface area contributed by atoms with Gasteiger partial charge in [-0.15, -0.1) is 5.10 Å². The molecular weight excluding hydrogens is 212 g/mol. The molecule has 4 nitrogen and oxygen atoms in total. The van der Waals surface area contributed by atoms with Crippen molar-refractivity contribution in [1.82, 2.24) is 0 Å². The van der Waals surface area contributed by atoms with Crippen molar-refractivity contribution in [3.8, 4) is 0 Å². The number of nitrogens with two attached hydrogens (primary N) is 2. The lowest BCUT2D eigenvalue weighted by molar-refractivity contribution is 0.434. The van der Waals surface area contributed by atoms with Crippen molar-refractivity contribution in [1.29, 1.82) is 0 Å². The minimum atomic E-state index is -0.0210. The predicted octanol–water partition coefficient (Wildman–Crippen LogP) is 2.10. The Hall–Kier alpha value is -1.84. The summed E-state index contributed by atoms with van der Waals surface area (Å²) in [6, 6.07) is 9.93. The van der Waals surface area contributed by atoms with Crippen LogP contribution >= 0.6 is 0 Å². The summed E-state index contributed by atoms with van der Waals surface area (Å²) < 4.78 is 0. The average Bonchev–Trinajstić information content (AvgIpc) is 2.24. The lowest BCUT2D eigenvalue weighted by atomic mass is 9.87. The van der Waals surface area contributed by atoms with Crippen LogP contribution in [-0.2, 0) is 0 Å². The van der Waals surface area contributed by atoms with Gasteiger partial charge in [-0.05, 0) is 17.4 Å². The molecule has 0 aliphatic carbocycles. The Labute approximate surface area is 102 Å². The molecule has 0 bridgehead atoms. The Balaban J connectivity index is 3.04.